The number of rotatable bonds is 6. The Kier molecular flexibility index (Phi) is 5.26. The zero-order chi connectivity index (χ0) is 17.1. The standard InChI is InChI=1S/C18H28N6/c1-5-16-20-21-17(24(16)4)13-22(2)12-15-8-10-23(3)18(15)14-7-6-9-19-11-14/h6-7,9,11,15,18H,5,8,10,12-13H2,1-4H3/t15-,18-/m0/s1. The van der Waals surface area contributed by atoms with E-state index in [-0.39, 0.29) is 0 Å². The number of likely N-dealkylation sites (tertiary alicyclic amines) is 1. The molecule has 6 heteroatoms. The van der Waals surface area contributed by atoms with E-state index in [1.54, 1.807) is 0 Å². The molecule has 1 fully saturated rings. The third kappa shape index (κ3) is 3.49. The molecule has 24 heavy (non-hydrogen) atoms. The van der Waals surface area contributed by atoms with E-state index in [1.165, 1.54) is 12.0 Å². The van der Waals surface area contributed by atoms with Gasteiger partial charge < -0.3 is 4.57 Å². The van der Waals surface area contributed by atoms with E-state index < -0.39 is 0 Å². The Balaban J connectivity index is 1.66. The third-order valence-corrected chi connectivity index (χ3v) is 5.13. The van der Waals surface area contributed by atoms with Crippen LogP contribution in [-0.2, 0) is 20.0 Å². The van der Waals surface area contributed by atoms with Crippen molar-refractivity contribution in [2.45, 2.75) is 32.4 Å². The van der Waals surface area contributed by atoms with Crippen LogP contribution in [0.25, 0.3) is 0 Å². The lowest BCUT2D eigenvalue weighted by atomic mass is 9.94. The molecule has 2 aromatic heterocycles. The van der Waals surface area contributed by atoms with Crippen molar-refractivity contribution in [3.05, 3.63) is 41.7 Å². The molecule has 0 radical (unpaired) electrons. The maximum atomic E-state index is 4.34. The van der Waals surface area contributed by atoms with Crippen LogP contribution in [-0.4, -0.2) is 56.7 Å². The smallest absolute Gasteiger partial charge is 0.146 e. The highest BCUT2D eigenvalue weighted by Crippen LogP contribution is 2.36. The van der Waals surface area contributed by atoms with Gasteiger partial charge in [-0.25, -0.2) is 0 Å². The molecule has 6 nitrogen and oxygen atoms in total. The summed E-state index contributed by atoms with van der Waals surface area (Å²) >= 11 is 0. The highest BCUT2D eigenvalue weighted by Gasteiger charge is 2.33. The highest BCUT2D eigenvalue weighted by atomic mass is 15.3. The Morgan fingerprint density at radius 3 is 2.71 bits per heavy atom. The molecule has 3 rings (SSSR count). The number of aromatic nitrogens is 4. The first-order valence-electron chi connectivity index (χ1n) is 8.76. The maximum Gasteiger partial charge on any atom is 0.146 e. The molecule has 0 amide bonds. The lowest BCUT2D eigenvalue weighted by Gasteiger charge is -2.28. The predicted octanol–water partition coefficient (Wildman–Crippen LogP) is 1.90. The van der Waals surface area contributed by atoms with E-state index in [1.807, 2.05) is 18.5 Å². The van der Waals surface area contributed by atoms with Gasteiger partial charge in [0.2, 0.25) is 0 Å². The van der Waals surface area contributed by atoms with Gasteiger partial charge in [-0.3, -0.25) is 14.8 Å². The van der Waals surface area contributed by atoms with Gasteiger partial charge >= 0.3 is 0 Å². The molecule has 130 valence electrons. The summed E-state index contributed by atoms with van der Waals surface area (Å²) in [6.45, 7) is 5.15. The SMILES string of the molecule is CCc1nnc(CN(C)C[C@@H]2CCN(C)[C@H]2c2cccnc2)n1C. The molecule has 2 aromatic rings. The minimum atomic E-state index is 0.451. The second-order valence-electron chi connectivity index (χ2n) is 6.90. The van der Waals surface area contributed by atoms with E-state index in [2.05, 4.69) is 63.7 Å². The van der Waals surface area contributed by atoms with E-state index in [0.717, 1.165) is 37.7 Å². The average molecular weight is 328 g/mol. The first-order chi connectivity index (χ1) is 11.6. The van der Waals surface area contributed by atoms with Crippen LogP contribution in [0.2, 0.25) is 0 Å². The molecule has 1 saturated heterocycles. The monoisotopic (exact) mass is 328 g/mol. The predicted molar refractivity (Wildman–Crippen MR) is 94.4 cm³/mol. The van der Waals surface area contributed by atoms with Gasteiger partial charge in [-0.1, -0.05) is 13.0 Å². The molecule has 0 spiro atoms. The van der Waals surface area contributed by atoms with Crippen molar-refractivity contribution in [3.8, 4) is 0 Å². The molecule has 1 aliphatic rings. The third-order valence-electron chi connectivity index (χ3n) is 5.13. The Hall–Kier alpha value is -1.79. The second kappa shape index (κ2) is 7.40. The Bertz CT molecular complexity index is 653. The van der Waals surface area contributed by atoms with Crippen LogP contribution < -0.4 is 0 Å². The van der Waals surface area contributed by atoms with Crippen LogP contribution in [0.4, 0.5) is 0 Å². The summed E-state index contributed by atoms with van der Waals surface area (Å²) in [5.41, 5.74) is 1.32. The van der Waals surface area contributed by atoms with Crippen LogP contribution in [0.1, 0.15) is 36.6 Å². The number of nitrogens with zero attached hydrogens (tertiary/aromatic N) is 6. The van der Waals surface area contributed by atoms with E-state index in [0.29, 0.717) is 12.0 Å². The lowest BCUT2D eigenvalue weighted by Crippen LogP contribution is -2.30. The Morgan fingerprint density at radius 1 is 1.25 bits per heavy atom. The number of hydrogen-bond donors (Lipinski definition) is 0. The first-order valence-corrected chi connectivity index (χ1v) is 8.76. The topological polar surface area (TPSA) is 50.1 Å². The lowest BCUT2D eigenvalue weighted by molar-refractivity contribution is 0.210. The molecule has 0 unspecified atom stereocenters. The average Bonchev–Trinajstić information content (AvgIpc) is 3.11. The van der Waals surface area contributed by atoms with Crippen LogP contribution >= 0.6 is 0 Å². The fraction of sp³-hybridized carbons (Fsp3) is 0.611. The molecule has 0 saturated carbocycles. The zero-order valence-corrected chi connectivity index (χ0v) is 15.2. The summed E-state index contributed by atoms with van der Waals surface area (Å²) in [5.74, 6) is 2.70. The fourth-order valence-electron chi connectivity index (χ4n) is 3.85. The van der Waals surface area contributed by atoms with Crippen molar-refractivity contribution < 1.29 is 0 Å². The van der Waals surface area contributed by atoms with Crippen LogP contribution in [0.5, 0.6) is 0 Å². The molecule has 0 aromatic carbocycles. The van der Waals surface area contributed by atoms with Crippen molar-refractivity contribution in [2.24, 2.45) is 13.0 Å². The van der Waals surface area contributed by atoms with Gasteiger partial charge in [0.15, 0.2) is 0 Å². The van der Waals surface area contributed by atoms with Crippen LogP contribution in [0.15, 0.2) is 24.5 Å². The summed E-state index contributed by atoms with van der Waals surface area (Å²) in [5, 5.41) is 8.61. The Labute approximate surface area is 144 Å². The van der Waals surface area contributed by atoms with Crippen molar-refractivity contribution in [3.63, 3.8) is 0 Å². The maximum absolute atomic E-state index is 4.34. The van der Waals surface area contributed by atoms with Crippen molar-refractivity contribution in [1.29, 1.82) is 0 Å². The second-order valence-corrected chi connectivity index (χ2v) is 6.90. The molecule has 0 N–H and O–H groups in total. The van der Waals surface area contributed by atoms with Crippen molar-refractivity contribution in [2.75, 3.05) is 27.2 Å². The number of hydrogen-bond acceptors (Lipinski definition) is 5. The quantitative estimate of drug-likeness (QED) is 0.810. The highest BCUT2D eigenvalue weighted by molar-refractivity contribution is 5.17. The first kappa shape index (κ1) is 17.0. The van der Waals surface area contributed by atoms with Gasteiger partial charge in [-0.15, -0.1) is 10.2 Å². The minimum Gasteiger partial charge on any atom is -0.317 e. The molecule has 3 heterocycles. The minimum absolute atomic E-state index is 0.451. The van der Waals surface area contributed by atoms with Gasteiger partial charge in [0, 0.05) is 38.4 Å². The normalized spacial score (nSPS) is 21.7. The number of aryl methyl sites for hydroxylation is 1. The summed E-state index contributed by atoms with van der Waals surface area (Å²) in [4.78, 5) is 9.13. The summed E-state index contributed by atoms with van der Waals surface area (Å²) in [6, 6.07) is 4.68. The molecular weight excluding hydrogens is 300 g/mol. The molecular formula is C18H28N6. The van der Waals surface area contributed by atoms with Gasteiger partial charge in [-0.2, -0.15) is 0 Å². The van der Waals surface area contributed by atoms with Crippen LogP contribution in [0, 0.1) is 5.92 Å². The Morgan fingerprint density at radius 2 is 2.04 bits per heavy atom. The van der Waals surface area contributed by atoms with E-state index >= 15 is 0 Å². The molecule has 1 aliphatic heterocycles. The molecule has 0 bridgehead atoms. The molecule has 0 aliphatic carbocycles. The van der Waals surface area contributed by atoms with Gasteiger partial charge in [0.05, 0.1) is 6.54 Å². The number of pyridine rings is 1. The van der Waals surface area contributed by atoms with Crippen molar-refractivity contribution >= 4 is 0 Å². The zero-order valence-electron chi connectivity index (χ0n) is 15.2. The van der Waals surface area contributed by atoms with E-state index in [9.17, 15) is 0 Å². The van der Waals surface area contributed by atoms with Crippen LogP contribution in [0.3, 0.4) is 0 Å². The molecule has 2 atom stereocenters. The van der Waals surface area contributed by atoms with Gasteiger partial charge in [-0.05, 0) is 44.6 Å². The summed E-state index contributed by atoms with van der Waals surface area (Å²) < 4.78 is 2.12. The van der Waals surface area contributed by atoms with Gasteiger partial charge in [0.25, 0.3) is 0 Å². The largest absolute Gasteiger partial charge is 0.317 e. The van der Waals surface area contributed by atoms with Gasteiger partial charge in [0.1, 0.15) is 11.6 Å². The summed E-state index contributed by atoms with van der Waals surface area (Å²) in [6.07, 6.45) is 6.00. The fourth-order valence-corrected chi connectivity index (χ4v) is 3.85. The van der Waals surface area contributed by atoms with Crippen molar-refractivity contribution in [1.82, 2.24) is 29.5 Å². The van der Waals surface area contributed by atoms with E-state index in [4.69, 9.17) is 0 Å². The summed E-state index contributed by atoms with van der Waals surface area (Å²) in [7, 11) is 6.45.